The first-order valence-electron chi connectivity index (χ1n) is 5.99. The van der Waals surface area contributed by atoms with Crippen molar-refractivity contribution < 1.29 is 19.0 Å². The van der Waals surface area contributed by atoms with Crippen molar-refractivity contribution in [2.75, 3.05) is 0 Å². The molecule has 0 radical (unpaired) electrons. The quantitative estimate of drug-likeness (QED) is 0.727. The van der Waals surface area contributed by atoms with E-state index in [1.54, 1.807) is 24.7 Å². The molecule has 2 aromatic heterocycles. The highest BCUT2D eigenvalue weighted by atomic mass is 16.4. The van der Waals surface area contributed by atoms with Gasteiger partial charge in [-0.15, -0.1) is 0 Å². The lowest BCUT2D eigenvalue weighted by atomic mass is 9.99. The molecule has 1 aromatic carbocycles. The summed E-state index contributed by atoms with van der Waals surface area (Å²) in [5, 5.41) is 21.7. The van der Waals surface area contributed by atoms with E-state index in [-0.39, 0.29) is 5.75 Å². The maximum Gasteiger partial charge on any atom is 0.176 e. The van der Waals surface area contributed by atoms with E-state index in [1.807, 2.05) is 0 Å². The fraction of sp³-hybridized carbons (Fsp3) is 0.286. The third-order valence-corrected chi connectivity index (χ3v) is 3.73. The fourth-order valence-corrected chi connectivity index (χ4v) is 2.53. The minimum atomic E-state index is -0.610. The van der Waals surface area contributed by atoms with Gasteiger partial charge in [0.25, 0.3) is 0 Å². The summed E-state index contributed by atoms with van der Waals surface area (Å²) in [5.41, 5.74) is 1.40. The van der Waals surface area contributed by atoms with E-state index in [0.717, 1.165) is 23.8 Å². The topological polar surface area (TPSA) is 66.7 Å². The van der Waals surface area contributed by atoms with Crippen molar-refractivity contribution in [2.24, 2.45) is 0 Å². The monoisotopic (exact) mass is 244 g/mol. The number of aliphatic hydroxyl groups is 1. The Balaban J connectivity index is 2.08. The van der Waals surface area contributed by atoms with Crippen LogP contribution in [0.15, 0.2) is 33.5 Å². The summed E-state index contributed by atoms with van der Waals surface area (Å²) < 4.78 is 10.8. The van der Waals surface area contributed by atoms with Crippen LogP contribution in [0.5, 0.6) is 5.75 Å². The predicted octanol–water partition coefficient (Wildman–Crippen LogP) is 2.95. The van der Waals surface area contributed by atoms with Gasteiger partial charge in [0.05, 0.1) is 23.5 Å². The third-order valence-electron chi connectivity index (χ3n) is 3.73. The third kappa shape index (κ3) is 1.24. The molecule has 4 heteroatoms. The van der Waals surface area contributed by atoms with Gasteiger partial charge in [0.2, 0.25) is 0 Å². The lowest BCUT2D eigenvalue weighted by molar-refractivity contribution is 0.151. The molecule has 0 spiro atoms. The van der Waals surface area contributed by atoms with Crippen LogP contribution >= 0.6 is 0 Å². The maximum absolute atomic E-state index is 10.1. The van der Waals surface area contributed by atoms with Gasteiger partial charge in [-0.1, -0.05) is 0 Å². The Morgan fingerprint density at radius 3 is 2.44 bits per heavy atom. The van der Waals surface area contributed by atoms with E-state index in [4.69, 9.17) is 8.83 Å². The number of furan rings is 2. The molecule has 18 heavy (non-hydrogen) atoms. The van der Waals surface area contributed by atoms with E-state index in [0.29, 0.717) is 23.0 Å². The lowest BCUT2D eigenvalue weighted by Gasteiger charge is -2.10. The van der Waals surface area contributed by atoms with Crippen molar-refractivity contribution in [3.8, 4) is 5.75 Å². The average Bonchev–Trinajstić information content (AvgIpc) is 2.87. The number of hydrogen-bond acceptors (Lipinski definition) is 4. The van der Waals surface area contributed by atoms with Gasteiger partial charge >= 0.3 is 0 Å². The van der Waals surface area contributed by atoms with Crippen molar-refractivity contribution in [1.29, 1.82) is 0 Å². The summed E-state index contributed by atoms with van der Waals surface area (Å²) in [7, 11) is 0. The van der Waals surface area contributed by atoms with Crippen LogP contribution in [0.2, 0.25) is 0 Å². The molecule has 0 bridgehead atoms. The summed E-state index contributed by atoms with van der Waals surface area (Å²) in [4.78, 5) is 0. The molecule has 2 heterocycles. The zero-order valence-electron chi connectivity index (χ0n) is 9.64. The van der Waals surface area contributed by atoms with E-state index >= 15 is 0 Å². The smallest absolute Gasteiger partial charge is 0.176 e. The van der Waals surface area contributed by atoms with E-state index in [2.05, 4.69) is 0 Å². The van der Waals surface area contributed by atoms with Crippen molar-refractivity contribution >= 4 is 21.9 Å². The number of aromatic hydroxyl groups is 1. The van der Waals surface area contributed by atoms with Gasteiger partial charge in [-0.25, -0.2) is 0 Å². The molecule has 0 unspecified atom stereocenters. The molecule has 0 saturated heterocycles. The molecule has 3 aromatic rings. The van der Waals surface area contributed by atoms with Gasteiger partial charge in [0.1, 0.15) is 5.58 Å². The summed E-state index contributed by atoms with van der Waals surface area (Å²) in [6, 6.07) is 3.52. The predicted molar refractivity (Wildman–Crippen MR) is 65.5 cm³/mol. The number of phenolic OH excluding ortho intramolecular Hbond substituents is 1. The van der Waals surface area contributed by atoms with Crippen LogP contribution in [-0.2, 0) is 6.42 Å². The van der Waals surface area contributed by atoms with E-state index < -0.39 is 5.60 Å². The molecule has 1 fully saturated rings. The van der Waals surface area contributed by atoms with Crippen molar-refractivity contribution in [3.63, 3.8) is 0 Å². The fourth-order valence-electron chi connectivity index (χ4n) is 2.53. The Bertz CT molecular complexity index is 694. The van der Waals surface area contributed by atoms with Gasteiger partial charge in [0.15, 0.2) is 11.3 Å². The first-order valence-corrected chi connectivity index (χ1v) is 5.99. The maximum atomic E-state index is 10.1. The molecule has 1 aliphatic carbocycles. The van der Waals surface area contributed by atoms with Gasteiger partial charge in [-0.3, -0.25) is 0 Å². The Hall–Kier alpha value is -1.94. The van der Waals surface area contributed by atoms with Crippen LogP contribution in [-0.4, -0.2) is 15.8 Å². The molecular weight excluding hydrogens is 232 g/mol. The average molecular weight is 244 g/mol. The minimum Gasteiger partial charge on any atom is -0.504 e. The standard InChI is InChI=1S/C14H12O4/c15-11-9-2-6-17-12(9)10(7-14(16)3-4-14)8-1-5-18-13(8)11/h1-2,5-6,15-16H,3-4,7H2. The highest BCUT2D eigenvalue weighted by Crippen LogP contribution is 2.44. The Kier molecular flexibility index (Phi) is 1.72. The SMILES string of the molecule is Oc1c2ccoc2c(CC2(O)CC2)c2ccoc12. The second-order valence-electron chi connectivity index (χ2n) is 5.06. The molecule has 0 amide bonds. The second kappa shape index (κ2) is 3.09. The van der Waals surface area contributed by atoms with E-state index in [9.17, 15) is 10.2 Å². The van der Waals surface area contributed by atoms with Gasteiger partial charge in [-0.05, 0) is 25.0 Å². The van der Waals surface area contributed by atoms with E-state index in [1.165, 1.54) is 0 Å². The summed E-state index contributed by atoms with van der Waals surface area (Å²) in [5.74, 6) is 0.102. The minimum absolute atomic E-state index is 0.102. The Morgan fingerprint density at radius 1 is 1.06 bits per heavy atom. The van der Waals surface area contributed by atoms with Crippen LogP contribution in [0, 0.1) is 0 Å². The molecular formula is C14H12O4. The Morgan fingerprint density at radius 2 is 1.72 bits per heavy atom. The molecule has 0 aliphatic heterocycles. The molecule has 4 nitrogen and oxygen atoms in total. The molecule has 1 aliphatic rings. The van der Waals surface area contributed by atoms with Crippen LogP contribution in [0.4, 0.5) is 0 Å². The Labute approximate surface area is 102 Å². The van der Waals surface area contributed by atoms with Gasteiger partial charge in [0, 0.05) is 17.4 Å². The normalized spacial score (nSPS) is 17.6. The molecule has 4 rings (SSSR count). The number of hydrogen-bond donors (Lipinski definition) is 2. The molecule has 0 atom stereocenters. The number of benzene rings is 1. The molecule has 1 saturated carbocycles. The first kappa shape index (κ1) is 10.0. The lowest BCUT2D eigenvalue weighted by Crippen LogP contribution is -2.11. The highest BCUT2D eigenvalue weighted by Gasteiger charge is 2.41. The number of phenols is 1. The summed E-state index contributed by atoms with van der Waals surface area (Å²) >= 11 is 0. The van der Waals surface area contributed by atoms with Crippen LogP contribution in [0.1, 0.15) is 18.4 Å². The highest BCUT2D eigenvalue weighted by molar-refractivity contribution is 6.04. The molecule has 2 N–H and O–H groups in total. The zero-order chi connectivity index (χ0) is 12.3. The van der Waals surface area contributed by atoms with Crippen LogP contribution in [0.3, 0.4) is 0 Å². The van der Waals surface area contributed by atoms with Crippen molar-refractivity contribution in [1.82, 2.24) is 0 Å². The second-order valence-corrected chi connectivity index (χ2v) is 5.06. The van der Waals surface area contributed by atoms with Crippen molar-refractivity contribution in [3.05, 3.63) is 30.2 Å². The van der Waals surface area contributed by atoms with Gasteiger partial charge < -0.3 is 19.0 Å². The summed E-state index contributed by atoms with van der Waals surface area (Å²) in [6.07, 6.45) is 5.26. The van der Waals surface area contributed by atoms with Gasteiger partial charge in [-0.2, -0.15) is 0 Å². The largest absolute Gasteiger partial charge is 0.504 e. The first-order chi connectivity index (χ1) is 8.68. The number of fused-ring (bicyclic) bond motifs is 2. The van der Waals surface area contributed by atoms with Crippen LogP contribution < -0.4 is 0 Å². The molecule has 92 valence electrons. The van der Waals surface area contributed by atoms with Crippen molar-refractivity contribution in [2.45, 2.75) is 24.9 Å². The van der Waals surface area contributed by atoms with Crippen LogP contribution in [0.25, 0.3) is 21.9 Å². The zero-order valence-corrected chi connectivity index (χ0v) is 9.64. The summed E-state index contributed by atoms with van der Waals surface area (Å²) in [6.45, 7) is 0. The number of rotatable bonds is 2.